The molecule has 2 aromatic carbocycles. The van der Waals surface area contributed by atoms with Gasteiger partial charge in [-0.15, -0.1) is 0 Å². The number of benzene rings is 2. The summed E-state index contributed by atoms with van der Waals surface area (Å²) < 4.78 is 10.5. The number of amides is 1. The fraction of sp³-hybridized carbons (Fsp3) is 0.235. The van der Waals surface area contributed by atoms with Crippen LogP contribution in [-0.2, 0) is 16.1 Å². The van der Waals surface area contributed by atoms with Gasteiger partial charge in [0, 0.05) is 0 Å². The van der Waals surface area contributed by atoms with Crippen LogP contribution >= 0.6 is 0 Å². The van der Waals surface area contributed by atoms with Crippen molar-refractivity contribution in [3.8, 4) is 0 Å². The van der Waals surface area contributed by atoms with Gasteiger partial charge in [0.2, 0.25) is 0 Å². The standard InChI is InChI=1S/C17H17NO4/c19-16-15(14-9-5-2-6-10-14)18(12-22-16)17(20)21-11-13-7-3-1-4-8-13/h1-10,15-16,19H,11-12H2/t15-,16?/m0/s1. The van der Waals surface area contributed by atoms with Crippen molar-refractivity contribution in [2.75, 3.05) is 6.73 Å². The summed E-state index contributed by atoms with van der Waals surface area (Å²) in [6.45, 7) is 0.197. The third-order valence-electron chi connectivity index (χ3n) is 3.57. The molecule has 1 saturated heterocycles. The van der Waals surface area contributed by atoms with Gasteiger partial charge < -0.3 is 14.6 Å². The highest BCUT2D eigenvalue weighted by Crippen LogP contribution is 2.31. The van der Waals surface area contributed by atoms with Crippen molar-refractivity contribution in [3.05, 3.63) is 71.8 Å². The lowest BCUT2D eigenvalue weighted by atomic mass is 10.1. The van der Waals surface area contributed by atoms with Crippen molar-refractivity contribution in [3.63, 3.8) is 0 Å². The van der Waals surface area contributed by atoms with Crippen molar-refractivity contribution in [2.24, 2.45) is 0 Å². The molecule has 1 aliphatic rings. The molecule has 0 aromatic heterocycles. The highest BCUT2D eigenvalue weighted by molar-refractivity contribution is 5.68. The summed E-state index contributed by atoms with van der Waals surface area (Å²) in [5, 5.41) is 9.98. The largest absolute Gasteiger partial charge is 0.444 e. The van der Waals surface area contributed by atoms with Crippen LogP contribution in [0.2, 0.25) is 0 Å². The molecular formula is C17H17NO4. The monoisotopic (exact) mass is 299 g/mol. The van der Waals surface area contributed by atoms with Crippen LogP contribution < -0.4 is 0 Å². The first kappa shape index (κ1) is 14.6. The van der Waals surface area contributed by atoms with E-state index in [-0.39, 0.29) is 13.3 Å². The molecule has 0 radical (unpaired) electrons. The predicted molar refractivity (Wildman–Crippen MR) is 79.6 cm³/mol. The van der Waals surface area contributed by atoms with Gasteiger partial charge in [0.15, 0.2) is 6.29 Å². The van der Waals surface area contributed by atoms with Gasteiger partial charge in [0.25, 0.3) is 0 Å². The second kappa shape index (κ2) is 6.60. The molecule has 0 spiro atoms. The summed E-state index contributed by atoms with van der Waals surface area (Å²) in [5.74, 6) is 0. The zero-order valence-corrected chi connectivity index (χ0v) is 12.0. The van der Waals surface area contributed by atoms with Gasteiger partial charge >= 0.3 is 6.09 Å². The minimum atomic E-state index is -1.05. The first-order valence-corrected chi connectivity index (χ1v) is 7.07. The number of hydrogen-bond donors (Lipinski definition) is 1. The highest BCUT2D eigenvalue weighted by atomic mass is 16.6. The maximum absolute atomic E-state index is 12.3. The maximum atomic E-state index is 12.3. The SMILES string of the molecule is O=C(OCc1ccccc1)N1COC(O)[C@@H]1c1ccccc1. The highest BCUT2D eigenvalue weighted by Gasteiger charge is 2.39. The summed E-state index contributed by atoms with van der Waals surface area (Å²) in [5.41, 5.74) is 1.72. The first-order chi connectivity index (χ1) is 10.8. The van der Waals surface area contributed by atoms with Crippen molar-refractivity contribution < 1.29 is 19.4 Å². The van der Waals surface area contributed by atoms with Crippen LogP contribution in [0.15, 0.2) is 60.7 Å². The molecule has 1 unspecified atom stereocenters. The number of carbonyl (C=O) groups excluding carboxylic acids is 1. The molecule has 1 amide bonds. The van der Waals surface area contributed by atoms with Crippen LogP contribution in [0.1, 0.15) is 17.2 Å². The minimum Gasteiger partial charge on any atom is -0.444 e. The number of carbonyl (C=O) groups is 1. The smallest absolute Gasteiger partial charge is 0.412 e. The fourth-order valence-corrected chi connectivity index (χ4v) is 2.45. The summed E-state index contributed by atoms with van der Waals surface area (Å²) >= 11 is 0. The molecule has 2 atom stereocenters. The third kappa shape index (κ3) is 3.10. The topological polar surface area (TPSA) is 59.0 Å². The summed E-state index contributed by atoms with van der Waals surface area (Å²) in [4.78, 5) is 13.7. The van der Waals surface area contributed by atoms with Crippen molar-refractivity contribution >= 4 is 6.09 Å². The molecule has 0 aliphatic carbocycles. The molecule has 5 nitrogen and oxygen atoms in total. The molecule has 1 aliphatic heterocycles. The number of nitrogens with zero attached hydrogens (tertiary/aromatic N) is 1. The number of aliphatic hydroxyl groups excluding tert-OH is 1. The Labute approximate surface area is 128 Å². The Bertz CT molecular complexity index is 617. The Morgan fingerprint density at radius 1 is 1.14 bits per heavy atom. The molecule has 114 valence electrons. The second-order valence-corrected chi connectivity index (χ2v) is 5.05. The number of rotatable bonds is 3. The van der Waals surface area contributed by atoms with E-state index in [2.05, 4.69) is 0 Å². The van der Waals surface area contributed by atoms with Gasteiger partial charge in [-0.2, -0.15) is 0 Å². The van der Waals surface area contributed by atoms with E-state index in [4.69, 9.17) is 9.47 Å². The normalized spacial score (nSPS) is 20.9. The fourth-order valence-electron chi connectivity index (χ4n) is 2.45. The molecule has 0 saturated carbocycles. The lowest BCUT2D eigenvalue weighted by Crippen LogP contribution is -2.33. The average Bonchev–Trinajstić information content (AvgIpc) is 2.96. The molecule has 3 rings (SSSR count). The van der Waals surface area contributed by atoms with E-state index >= 15 is 0 Å². The van der Waals surface area contributed by atoms with Crippen molar-refractivity contribution in [2.45, 2.75) is 18.9 Å². The van der Waals surface area contributed by atoms with E-state index in [1.165, 1.54) is 4.90 Å². The molecule has 2 aromatic rings. The molecule has 1 fully saturated rings. The van der Waals surface area contributed by atoms with Crippen LogP contribution in [0.5, 0.6) is 0 Å². The van der Waals surface area contributed by atoms with Gasteiger partial charge in [0.05, 0.1) is 0 Å². The molecule has 1 N–H and O–H groups in total. The van der Waals surface area contributed by atoms with E-state index < -0.39 is 18.4 Å². The summed E-state index contributed by atoms with van der Waals surface area (Å²) in [6.07, 6.45) is -1.55. The predicted octanol–water partition coefficient (Wildman–Crippen LogP) is 2.67. The van der Waals surface area contributed by atoms with E-state index in [0.717, 1.165) is 11.1 Å². The maximum Gasteiger partial charge on any atom is 0.412 e. The Morgan fingerprint density at radius 3 is 2.45 bits per heavy atom. The van der Waals surface area contributed by atoms with E-state index in [0.29, 0.717) is 0 Å². The van der Waals surface area contributed by atoms with Crippen molar-refractivity contribution in [1.82, 2.24) is 4.90 Å². The quantitative estimate of drug-likeness (QED) is 0.946. The molecule has 22 heavy (non-hydrogen) atoms. The van der Waals surface area contributed by atoms with E-state index in [1.54, 1.807) is 0 Å². The van der Waals surface area contributed by atoms with Gasteiger partial charge in [-0.1, -0.05) is 60.7 Å². The molecule has 1 heterocycles. The van der Waals surface area contributed by atoms with Gasteiger partial charge in [-0.05, 0) is 11.1 Å². The Hall–Kier alpha value is -2.37. The van der Waals surface area contributed by atoms with Gasteiger partial charge in [-0.25, -0.2) is 4.79 Å². The minimum absolute atomic E-state index is 0.00828. The second-order valence-electron chi connectivity index (χ2n) is 5.05. The summed E-state index contributed by atoms with van der Waals surface area (Å²) in [6, 6.07) is 18.2. The Morgan fingerprint density at radius 2 is 1.77 bits per heavy atom. The summed E-state index contributed by atoms with van der Waals surface area (Å²) in [7, 11) is 0. The van der Waals surface area contributed by atoms with Crippen LogP contribution in [0, 0.1) is 0 Å². The Balaban J connectivity index is 1.68. The number of hydrogen-bond acceptors (Lipinski definition) is 4. The van der Waals surface area contributed by atoms with Crippen LogP contribution in [0.4, 0.5) is 4.79 Å². The average molecular weight is 299 g/mol. The lowest BCUT2D eigenvalue weighted by Gasteiger charge is -2.23. The first-order valence-electron chi connectivity index (χ1n) is 7.07. The molecule has 0 bridgehead atoms. The van der Waals surface area contributed by atoms with E-state index in [1.807, 2.05) is 60.7 Å². The van der Waals surface area contributed by atoms with Crippen molar-refractivity contribution in [1.29, 1.82) is 0 Å². The van der Waals surface area contributed by atoms with Crippen LogP contribution in [-0.4, -0.2) is 29.1 Å². The van der Waals surface area contributed by atoms with E-state index in [9.17, 15) is 9.90 Å². The number of aliphatic hydroxyl groups is 1. The van der Waals surface area contributed by atoms with Gasteiger partial charge in [-0.3, -0.25) is 4.90 Å². The van der Waals surface area contributed by atoms with Crippen LogP contribution in [0.3, 0.4) is 0 Å². The molecule has 5 heteroatoms. The number of ether oxygens (including phenoxy) is 2. The Kier molecular flexibility index (Phi) is 4.37. The zero-order chi connectivity index (χ0) is 15.4. The zero-order valence-electron chi connectivity index (χ0n) is 12.0. The van der Waals surface area contributed by atoms with Gasteiger partial charge in [0.1, 0.15) is 19.4 Å². The van der Waals surface area contributed by atoms with Crippen LogP contribution in [0.25, 0.3) is 0 Å². The molecular weight excluding hydrogens is 282 g/mol. The third-order valence-corrected chi connectivity index (χ3v) is 3.57. The lowest BCUT2D eigenvalue weighted by molar-refractivity contribution is -0.0678.